The van der Waals surface area contributed by atoms with Gasteiger partial charge < -0.3 is 0 Å². The maximum atomic E-state index is 2.92. The molecular formula is C25H44N2. The Kier molecular flexibility index (Phi) is 4.35. The molecule has 1 aliphatic heterocycles. The Morgan fingerprint density at radius 1 is 0.630 bits per heavy atom. The summed E-state index contributed by atoms with van der Waals surface area (Å²) in [6, 6.07) is 1.71. The van der Waals surface area contributed by atoms with Crippen LogP contribution in [0.25, 0.3) is 0 Å². The molecule has 4 aliphatic carbocycles. The van der Waals surface area contributed by atoms with Gasteiger partial charge in [-0.3, -0.25) is 9.80 Å². The molecule has 1 heterocycles. The molecule has 27 heavy (non-hydrogen) atoms. The molecule has 0 amide bonds. The van der Waals surface area contributed by atoms with Crippen LogP contribution in [0.15, 0.2) is 0 Å². The fourth-order valence-electron chi connectivity index (χ4n) is 9.26. The topological polar surface area (TPSA) is 6.48 Å². The predicted molar refractivity (Wildman–Crippen MR) is 113 cm³/mol. The average Bonchev–Trinajstić information content (AvgIpc) is 3.17. The molecule has 4 saturated carbocycles. The van der Waals surface area contributed by atoms with Crippen LogP contribution in [0.4, 0.5) is 0 Å². The standard InChI is InChI=1S/C25H44N2/c1-16-20-9-7-18(24(20,3)4)13-22(16)26-11-12-27(15-26)23-14-19-8-10-21(17(23)2)25(19,5)6/h16-23H,7-15H2,1-6H3/t16-,17-,18+,19?,20?,21-,22-,23+/m0/s1. The Morgan fingerprint density at radius 2 is 1.04 bits per heavy atom. The first-order chi connectivity index (χ1) is 12.7. The Hall–Kier alpha value is -0.0800. The van der Waals surface area contributed by atoms with Gasteiger partial charge in [-0.2, -0.15) is 0 Å². The van der Waals surface area contributed by atoms with Crippen molar-refractivity contribution in [2.24, 2.45) is 46.3 Å². The van der Waals surface area contributed by atoms with Crippen molar-refractivity contribution in [3.8, 4) is 0 Å². The first kappa shape index (κ1) is 18.9. The molecule has 4 bridgehead atoms. The van der Waals surface area contributed by atoms with Gasteiger partial charge in [0.15, 0.2) is 0 Å². The summed E-state index contributed by atoms with van der Waals surface area (Å²) in [5.41, 5.74) is 1.19. The van der Waals surface area contributed by atoms with Gasteiger partial charge in [0.1, 0.15) is 0 Å². The van der Waals surface area contributed by atoms with Crippen LogP contribution in [0.5, 0.6) is 0 Å². The van der Waals surface area contributed by atoms with Crippen LogP contribution in [0.1, 0.15) is 80.1 Å². The Bertz CT molecular complexity index is 531. The molecule has 2 heteroatoms. The minimum Gasteiger partial charge on any atom is -0.286 e. The van der Waals surface area contributed by atoms with Crippen LogP contribution in [0.3, 0.4) is 0 Å². The summed E-state index contributed by atoms with van der Waals surface area (Å²) in [5, 5.41) is 0. The molecule has 2 nitrogen and oxygen atoms in total. The molecule has 5 aliphatic rings. The van der Waals surface area contributed by atoms with E-state index in [1.807, 2.05) is 0 Å². The van der Waals surface area contributed by atoms with E-state index >= 15 is 0 Å². The minimum absolute atomic E-state index is 0.595. The van der Waals surface area contributed by atoms with Crippen molar-refractivity contribution in [3.63, 3.8) is 0 Å². The van der Waals surface area contributed by atoms with E-state index in [2.05, 4.69) is 51.3 Å². The molecule has 0 N–H and O–H groups in total. The molecule has 0 spiro atoms. The van der Waals surface area contributed by atoms with Crippen LogP contribution in [-0.4, -0.2) is 41.6 Å². The SMILES string of the molecule is C[C@@H]1[C@H](N2CCN([C@H]3C[C@H]4CCC([C@@H]3C)C4(C)C)C2)CC2CC[C@@H]1C2(C)C. The van der Waals surface area contributed by atoms with E-state index in [-0.39, 0.29) is 0 Å². The van der Waals surface area contributed by atoms with Crippen molar-refractivity contribution in [2.75, 3.05) is 19.8 Å². The van der Waals surface area contributed by atoms with Gasteiger partial charge in [0.05, 0.1) is 6.67 Å². The van der Waals surface area contributed by atoms with E-state index in [4.69, 9.17) is 0 Å². The lowest BCUT2D eigenvalue weighted by atomic mass is 9.61. The molecule has 0 aromatic carbocycles. The minimum atomic E-state index is 0.595. The average molecular weight is 373 g/mol. The van der Waals surface area contributed by atoms with Crippen molar-refractivity contribution in [2.45, 2.75) is 92.2 Å². The molecule has 8 atom stereocenters. The summed E-state index contributed by atoms with van der Waals surface area (Å²) < 4.78 is 0. The normalized spacial score (nSPS) is 51.8. The number of hydrogen-bond donors (Lipinski definition) is 0. The maximum absolute atomic E-state index is 2.92. The third-order valence-electron chi connectivity index (χ3n) is 11.2. The van der Waals surface area contributed by atoms with Crippen molar-refractivity contribution >= 4 is 0 Å². The van der Waals surface area contributed by atoms with Crippen molar-refractivity contribution in [1.82, 2.24) is 9.80 Å². The lowest BCUT2D eigenvalue weighted by molar-refractivity contribution is -0.0231. The fourth-order valence-corrected chi connectivity index (χ4v) is 9.26. The highest BCUT2D eigenvalue weighted by molar-refractivity contribution is 5.06. The summed E-state index contributed by atoms with van der Waals surface area (Å²) in [6.45, 7) is 19.4. The Morgan fingerprint density at radius 3 is 1.44 bits per heavy atom. The lowest BCUT2D eigenvalue weighted by Gasteiger charge is -2.50. The van der Waals surface area contributed by atoms with Gasteiger partial charge in [-0.1, -0.05) is 41.5 Å². The summed E-state index contributed by atoms with van der Waals surface area (Å²) >= 11 is 0. The van der Waals surface area contributed by atoms with Gasteiger partial charge >= 0.3 is 0 Å². The van der Waals surface area contributed by atoms with Crippen molar-refractivity contribution in [1.29, 1.82) is 0 Å². The van der Waals surface area contributed by atoms with Crippen molar-refractivity contribution in [3.05, 3.63) is 0 Å². The monoisotopic (exact) mass is 372 g/mol. The van der Waals surface area contributed by atoms with Crippen LogP contribution in [-0.2, 0) is 0 Å². The van der Waals surface area contributed by atoms with Gasteiger partial charge in [-0.15, -0.1) is 0 Å². The molecule has 0 radical (unpaired) electrons. The fraction of sp³-hybridized carbons (Fsp3) is 1.00. The van der Waals surface area contributed by atoms with E-state index in [0.29, 0.717) is 10.8 Å². The highest BCUT2D eigenvalue weighted by Gasteiger charge is 2.55. The molecule has 1 saturated heterocycles. The zero-order chi connectivity index (χ0) is 19.1. The number of rotatable bonds is 2. The molecule has 5 fully saturated rings. The van der Waals surface area contributed by atoms with E-state index in [1.54, 1.807) is 0 Å². The molecular weight excluding hydrogens is 328 g/mol. The van der Waals surface area contributed by atoms with Gasteiger partial charge in [-0.05, 0) is 84.9 Å². The van der Waals surface area contributed by atoms with Gasteiger partial charge in [-0.25, -0.2) is 0 Å². The zero-order valence-corrected chi connectivity index (χ0v) is 18.9. The van der Waals surface area contributed by atoms with Crippen LogP contribution >= 0.6 is 0 Å². The van der Waals surface area contributed by atoms with E-state index in [1.165, 1.54) is 58.3 Å². The maximum Gasteiger partial charge on any atom is 0.0512 e. The van der Waals surface area contributed by atoms with E-state index in [0.717, 1.165) is 47.6 Å². The summed E-state index contributed by atoms with van der Waals surface area (Å²) in [4.78, 5) is 5.83. The predicted octanol–water partition coefficient (Wildman–Crippen LogP) is 5.48. The number of nitrogens with zero attached hydrogens (tertiary/aromatic N) is 2. The van der Waals surface area contributed by atoms with E-state index in [9.17, 15) is 0 Å². The van der Waals surface area contributed by atoms with Gasteiger partial charge in [0, 0.05) is 25.2 Å². The smallest absolute Gasteiger partial charge is 0.0512 e. The van der Waals surface area contributed by atoms with Gasteiger partial charge in [0.2, 0.25) is 0 Å². The summed E-state index contributed by atoms with van der Waals surface area (Å²) in [6.07, 6.45) is 8.91. The second kappa shape index (κ2) is 6.21. The number of fused-ring (bicyclic) bond motifs is 4. The summed E-state index contributed by atoms with van der Waals surface area (Å²) in [7, 11) is 0. The number of hydrogen-bond acceptors (Lipinski definition) is 2. The Labute approximate surface area is 168 Å². The highest BCUT2D eigenvalue weighted by atomic mass is 15.4. The van der Waals surface area contributed by atoms with Crippen LogP contribution < -0.4 is 0 Å². The largest absolute Gasteiger partial charge is 0.286 e. The molecule has 0 aromatic heterocycles. The first-order valence-electron chi connectivity index (χ1n) is 12.2. The molecule has 154 valence electrons. The quantitative estimate of drug-likeness (QED) is 0.633. The second-order valence-electron chi connectivity index (χ2n) is 12.5. The molecule has 5 rings (SSSR count). The second-order valence-corrected chi connectivity index (χ2v) is 12.5. The summed E-state index contributed by atoms with van der Waals surface area (Å²) in [5.74, 6) is 5.64. The highest BCUT2D eigenvalue weighted by Crippen LogP contribution is 2.59. The zero-order valence-electron chi connectivity index (χ0n) is 18.9. The van der Waals surface area contributed by atoms with E-state index < -0.39 is 0 Å². The first-order valence-corrected chi connectivity index (χ1v) is 12.2. The van der Waals surface area contributed by atoms with Crippen LogP contribution in [0.2, 0.25) is 0 Å². The third-order valence-corrected chi connectivity index (χ3v) is 11.2. The van der Waals surface area contributed by atoms with Gasteiger partial charge in [0.25, 0.3) is 0 Å². The Balaban J connectivity index is 1.28. The van der Waals surface area contributed by atoms with Crippen molar-refractivity contribution < 1.29 is 0 Å². The molecule has 2 unspecified atom stereocenters. The van der Waals surface area contributed by atoms with Crippen LogP contribution in [0, 0.1) is 46.3 Å². The molecule has 0 aromatic rings. The lowest BCUT2D eigenvalue weighted by Crippen LogP contribution is -2.52. The third kappa shape index (κ3) is 2.64.